The lowest BCUT2D eigenvalue weighted by Crippen LogP contribution is -2.27. The lowest BCUT2D eigenvalue weighted by Gasteiger charge is -2.09. The molecular formula is C12H18N2O4S2. The van der Waals surface area contributed by atoms with Crippen molar-refractivity contribution in [2.75, 3.05) is 12.8 Å². The highest BCUT2D eigenvalue weighted by Crippen LogP contribution is 2.08. The van der Waals surface area contributed by atoms with Crippen molar-refractivity contribution in [3.05, 3.63) is 29.8 Å². The lowest BCUT2D eigenvalue weighted by molar-refractivity contribution is 0.0953. The molecule has 0 aliphatic heterocycles. The summed E-state index contributed by atoms with van der Waals surface area (Å²) in [5.41, 5.74) is 0.350. The number of carbonyl (C=O) groups excluding carboxylic acids is 1. The molecule has 8 heteroatoms. The summed E-state index contributed by atoms with van der Waals surface area (Å²) < 4.78 is 33.3. The van der Waals surface area contributed by atoms with Crippen LogP contribution in [0.2, 0.25) is 0 Å². The Kier molecular flexibility index (Phi) is 5.85. The zero-order valence-electron chi connectivity index (χ0n) is 11.3. The van der Waals surface area contributed by atoms with E-state index in [1.165, 1.54) is 24.3 Å². The zero-order chi connectivity index (χ0) is 15.3. The van der Waals surface area contributed by atoms with E-state index in [1.54, 1.807) is 6.26 Å². The van der Waals surface area contributed by atoms with Crippen LogP contribution >= 0.6 is 0 Å². The second-order valence-corrected chi connectivity index (χ2v) is 7.79. The molecule has 0 fully saturated rings. The molecule has 3 N–H and O–H groups in total. The summed E-state index contributed by atoms with van der Waals surface area (Å²) in [5.74, 6) is -0.306. The molecule has 1 aromatic rings. The summed E-state index contributed by atoms with van der Waals surface area (Å²) in [4.78, 5) is 11.8. The van der Waals surface area contributed by atoms with Gasteiger partial charge in [0, 0.05) is 34.4 Å². The summed E-state index contributed by atoms with van der Waals surface area (Å²) in [5, 5.41) is 7.67. The second-order valence-electron chi connectivity index (χ2n) is 4.42. The number of benzene rings is 1. The Morgan fingerprint density at radius 1 is 1.35 bits per heavy atom. The van der Waals surface area contributed by atoms with E-state index in [0.717, 1.165) is 0 Å². The third kappa shape index (κ3) is 5.03. The third-order valence-corrected chi connectivity index (χ3v) is 5.15. The average molecular weight is 318 g/mol. The molecule has 1 amide bonds. The van der Waals surface area contributed by atoms with E-state index in [-0.39, 0.29) is 16.1 Å². The molecule has 0 saturated heterocycles. The molecule has 0 spiro atoms. The second kappa shape index (κ2) is 6.96. The van der Waals surface area contributed by atoms with Crippen LogP contribution in [0.1, 0.15) is 23.7 Å². The van der Waals surface area contributed by atoms with Crippen LogP contribution in [0.3, 0.4) is 0 Å². The van der Waals surface area contributed by atoms with Crippen LogP contribution in [0.25, 0.3) is 0 Å². The van der Waals surface area contributed by atoms with Crippen LogP contribution in [0.5, 0.6) is 0 Å². The molecule has 6 nitrogen and oxygen atoms in total. The van der Waals surface area contributed by atoms with Crippen molar-refractivity contribution in [1.82, 2.24) is 5.32 Å². The molecule has 1 rings (SSSR count). The lowest BCUT2D eigenvalue weighted by atomic mass is 10.2. The predicted molar refractivity (Wildman–Crippen MR) is 78.3 cm³/mol. The van der Waals surface area contributed by atoms with Crippen LogP contribution in [0, 0.1) is 0 Å². The Bertz CT molecular complexity index is 596. The van der Waals surface area contributed by atoms with E-state index in [2.05, 4.69) is 5.32 Å². The quantitative estimate of drug-likeness (QED) is 0.782. The molecule has 2 unspecified atom stereocenters. The highest BCUT2D eigenvalue weighted by Gasteiger charge is 2.11. The summed E-state index contributed by atoms with van der Waals surface area (Å²) in [6, 6.07) is 5.37. The number of nitrogens with two attached hydrogens (primary N) is 1. The molecule has 2 atom stereocenters. The van der Waals surface area contributed by atoms with Crippen LogP contribution < -0.4 is 10.5 Å². The van der Waals surface area contributed by atoms with Crippen LogP contribution in [0.15, 0.2) is 29.2 Å². The fraction of sp³-hybridized carbons (Fsp3) is 0.417. The standard InChI is InChI=1S/C12H18N2O4S2/c1-9(19(2)16)7-8-14-12(15)10-3-5-11(6-4-10)20(13,17)18/h3-6,9H,7-8H2,1-2H3,(H,14,15)(H2,13,17,18). The Labute approximate surface area is 121 Å². The first-order valence-corrected chi connectivity index (χ1v) is 9.12. The van der Waals surface area contributed by atoms with E-state index in [0.29, 0.717) is 18.5 Å². The normalized spacial score (nSPS) is 14.6. The minimum atomic E-state index is -3.75. The summed E-state index contributed by atoms with van der Waals surface area (Å²) in [6.07, 6.45) is 2.24. The minimum absolute atomic E-state index is 0.0139. The van der Waals surface area contributed by atoms with Gasteiger partial charge in [0.1, 0.15) is 0 Å². The maximum atomic E-state index is 11.8. The first kappa shape index (κ1) is 16.8. The minimum Gasteiger partial charge on any atom is -0.352 e. The van der Waals surface area contributed by atoms with E-state index in [1.807, 2.05) is 6.92 Å². The van der Waals surface area contributed by atoms with E-state index in [9.17, 15) is 17.4 Å². The number of carbonyl (C=O) groups is 1. The third-order valence-electron chi connectivity index (χ3n) is 2.85. The van der Waals surface area contributed by atoms with Gasteiger partial charge < -0.3 is 5.32 Å². The fourth-order valence-corrected chi connectivity index (χ4v) is 2.42. The van der Waals surface area contributed by atoms with E-state index >= 15 is 0 Å². The molecule has 0 aromatic heterocycles. The number of nitrogens with one attached hydrogen (secondary N) is 1. The van der Waals surface area contributed by atoms with Gasteiger partial charge in [-0.25, -0.2) is 13.6 Å². The highest BCUT2D eigenvalue weighted by molar-refractivity contribution is 7.89. The van der Waals surface area contributed by atoms with Crippen molar-refractivity contribution in [1.29, 1.82) is 0 Å². The van der Waals surface area contributed by atoms with Crippen LogP contribution in [0.4, 0.5) is 0 Å². The van der Waals surface area contributed by atoms with Gasteiger partial charge in [0.05, 0.1) is 4.90 Å². The van der Waals surface area contributed by atoms with Gasteiger partial charge in [-0.2, -0.15) is 0 Å². The fourth-order valence-electron chi connectivity index (χ4n) is 1.45. The Hall–Kier alpha value is -1.25. The SMILES string of the molecule is CC(CCNC(=O)c1ccc(S(N)(=O)=O)cc1)S(C)=O. The first-order valence-electron chi connectivity index (χ1n) is 5.95. The largest absolute Gasteiger partial charge is 0.352 e. The smallest absolute Gasteiger partial charge is 0.251 e. The molecule has 0 aliphatic rings. The highest BCUT2D eigenvalue weighted by atomic mass is 32.2. The Balaban J connectivity index is 2.59. The Morgan fingerprint density at radius 3 is 2.35 bits per heavy atom. The zero-order valence-corrected chi connectivity index (χ0v) is 13.0. The molecule has 112 valence electrons. The van der Waals surface area contributed by atoms with E-state index in [4.69, 9.17) is 5.14 Å². The van der Waals surface area contributed by atoms with Crippen molar-refractivity contribution < 1.29 is 17.4 Å². The van der Waals surface area contributed by atoms with Gasteiger partial charge in [-0.15, -0.1) is 0 Å². The van der Waals surface area contributed by atoms with Gasteiger partial charge in [0.25, 0.3) is 5.91 Å². The average Bonchev–Trinajstić information content (AvgIpc) is 2.37. The molecule has 0 aliphatic carbocycles. The number of hydrogen-bond acceptors (Lipinski definition) is 4. The van der Waals surface area contributed by atoms with Gasteiger partial charge in [0.2, 0.25) is 10.0 Å². The topological polar surface area (TPSA) is 106 Å². The van der Waals surface area contributed by atoms with Crippen molar-refractivity contribution in [3.8, 4) is 0 Å². The van der Waals surface area contributed by atoms with Gasteiger partial charge >= 0.3 is 0 Å². The van der Waals surface area contributed by atoms with Crippen LogP contribution in [-0.4, -0.2) is 36.6 Å². The van der Waals surface area contributed by atoms with Crippen molar-refractivity contribution in [2.45, 2.75) is 23.5 Å². The Morgan fingerprint density at radius 2 is 1.90 bits per heavy atom. The number of amides is 1. The molecule has 0 radical (unpaired) electrons. The van der Waals surface area contributed by atoms with Crippen molar-refractivity contribution >= 4 is 26.7 Å². The number of primary sulfonamides is 1. The van der Waals surface area contributed by atoms with E-state index < -0.39 is 20.8 Å². The van der Waals surface area contributed by atoms with Gasteiger partial charge in [-0.1, -0.05) is 6.92 Å². The number of sulfonamides is 1. The molecule has 1 aromatic carbocycles. The monoisotopic (exact) mass is 318 g/mol. The van der Waals surface area contributed by atoms with Gasteiger partial charge in [0.15, 0.2) is 0 Å². The van der Waals surface area contributed by atoms with Crippen molar-refractivity contribution in [2.24, 2.45) is 5.14 Å². The summed E-state index contributed by atoms with van der Waals surface area (Å²) in [6.45, 7) is 2.26. The molecule has 20 heavy (non-hydrogen) atoms. The summed E-state index contributed by atoms with van der Waals surface area (Å²) >= 11 is 0. The van der Waals surface area contributed by atoms with Crippen LogP contribution in [-0.2, 0) is 20.8 Å². The van der Waals surface area contributed by atoms with Gasteiger partial charge in [-0.05, 0) is 30.7 Å². The molecule has 0 bridgehead atoms. The first-order chi connectivity index (χ1) is 9.21. The summed E-state index contributed by atoms with van der Waals surface area (Å²) in [7, 11) is -4.66. The maximum absolute atomic E-state index is 11.8. The van der Waals surface area contributed by atoms with Crippen molar-refractivity contribution in [3.63, 3.8) is 0 Å². The molecule has 0 saturated carbocycles. The predicted octanol–water partition coefficient (Wildman–Crippen LogP) is 0.221. The van der Waals surface area contributed by atoms with Gasteiger partial charge in [-0.3, -0.25) is 9.00 Å². The molecule has 0 heterocycles. The number of rotatable bonds is 6. The number of hydrogen-bond donors (Lipinski definition) is 2. The maximum Gasteiger partial charge on any atom is 0.251 e. The molecular weight excluding hydrogens is 300 g/mol.